The fourth-order valence-corrected chi connectivity index (χ4v) is 3.89. The van der Waals surface area contributed by atoms with Gasteiger partial charge in [0.05, 0.1) is 31.0 Å². The minimum absolute atomic E-state index is 0.0940. The van der Waals surface area contributed by atoms with Gasteiger partial charge in [-0.25, -0.2) is 0 Å². The summed E-state index contributed by atoms with van der Waals surface area (Å²) in [5.74, 6) is 0.705. The van der Waals surface area contributed by atoms with Gasteiger partial charge >= 0.3 is 0 Å². The van der Waals surface area contributed by atoms with Crippen molar-refractivity contribution >= 4 is 30.2 Å². The van der Waals surface area contributed by atoms with E-state index in [1.165, 1.54) is 11.8 Å². The van der Waals surface area contributed by atoms with E-state index in [-0.39, 0.29) is 11.5 Å². The molecule has 1 aliphatic heterocycles. The van der Waals surface area contributed by atoms with Crippen molar-refractivity contribution in [3.8, 4) is 0 Å². The number of hydrogen-bond acceptors (Lipinski definition) is 7. The Bertz CT molecular complexity index is 559. The van der Waals surface area contributed by atoms with Gasteiger partial charge in [0.15, 0.2) is 5.78 Å². The number of benzene rings is 1. The van der Waals surface area contributed by atoms with Crippen LogP contribution in [0.4, 0.5) is 0 Å². The highest BCUT2D eigenvalue weighted by Gasteiger charge is 2.35. The molecular formula is C18H27NO4S2. The number of thiol groups is 1. The largest absolute Gasteiger partial charge is 0.390 e. The molecule has 0 saturated carbocycles. The normalized spacial score (nSPS) is 18.8. The maximum atomic E-state index is 12.9. The van der Waals surface area contributed by atoms with Gasteiger partial charge in [0, 0.05) is 35.1 Å². The number of morpholine rings is 1. The first-order chi connectivity index (χ1) is 11.9. The average molecular weight is 386 g/mol. The van der Waals surface area contributed by atoms with Gasteiger partial charge in [-0.15, -0.1) is 11.8 Å². The van der Waals surface area contributed by atoms with Crippen LogP contribution in [0.5, 0.6) is 0 Å². The van der Waals surface area contributed by atoms with Gasteiger partial charge in [-0.2, -0.15) is 12.6 Å². The standard InChI is InChI=1S/C18H27NO4S2/c1-18(2,19-7-9-23-10-8-19)17(22)13-3-5-14(6-4-13)25-12-16(21)15(20)11-24/h3-6,15-16,20-21,24H,7-12H2,1-2H3. The Morgan fingerprint density at radius 3 is 2.40 bits per heavy atom. The Balaban J connectivity index is 1.97. The topological polar surface area (TPSA) is 70.0 Å². The average Bonchev–Trinajstić information content (AvgIpc) is 2.65. The maximum absolute atomic E-state index is 12.9. The van der Waals surface area contributed by atoms with Crippen molar-refractivity contribution in [2.24, 2.45) is 0 Å². The Morgan fingerprint density at radius 1 is 1.24 bits per heavy atom. The van der Waals surface area contributed by atoms with Crippen molar-refractivity contribution in [2.45, 2.75) is 36.5 Å². The third-order valence-corrected chi connectivity index (χ3v) is 6.01. The van der Waals surface area contributed by atoms with Crippen LogP contribution in [-0.2, 0) is 4.74 Å². The minimum atomic E-state index is -0.828. The lowest BCUT2D eigenvalue weighted by atomic mass is 9.91. The number of hydrogen-bond donors (Lipinski definition) is 3. The quantitative estimate of drug-likeness (QED) is 0.360. The van der Waals surface area contributed by atoms with Crippen LogP contribution >= 0.6 is 24.4 Å². The molecule has 5 nitrogen and oxygen atoms in total. The van der Waals surface area contributed by atoms with Gasteiger partial charge in [-0.05, 0) is 26.0 Å². The Morgan fingerprint density at radius 2 is 1.84 bits per heavy atom. The summed E-state index contributed by atoms with van der Waals surface area (Å²) in [7, 11) is 0. The second-order valence-corrected chi connectivity index (χ2v) is 8.10. The second kappa shape index (κ2) is 9.39. The fraction of sp³-hybridized carbons (Fsp3) is 0.611. The van der Waals surface area contributed by atoms with E-state index in [0.717, 1.165) is 18.0 Å². The highest BCUT2D eigenvalue weighted by molar-refractivity contribution is 7.99. The van der Waals surface area contributed by atoms with Crippen molar-refractivity contribution in [3.63, 3.8) is 0 Å². The molecule has 2 atom stereocenters. The van der Waals surface area contributed by atoms with Crippen LogP contribution in [-0.4, -0.2) is 76.5 Å². The molecule has 1 aromatic rings. The van der Waals surface area contributed by atoms with Crippen molar-refractivity contribution in [3.05, 3.63) is 29.8 Å². The molecule has 0 aliphatic carbocycles. The van der Waals surface area contributed by atoms with Crippen LogP contribution in [0.15, 0.2) is 29.2 Å². The summed E-state index contributed by atoms with van der Waals surface area (Å²) in [5, 5.41) is 19.3. The molecule has 25 heavy (non-hydrogen) atoms. The summed E-state index contributed by atoms with van der Waals surface area (Å²) in [6, 6.07) is 7.42. The maximum Gasteiger partial charge on any atom is 0.182 e. The third kappa shape index (κ3) is 5.45. The molecule has 2 N–H and O–H groups in total. The first-order valence-electron chi connectivity index (χ1n) is 8.43. The van der Waals surface area contributed by atoms with E-state index in [1.807, 2.05) is 38.1 Å². The van der Waals surface area contributed by atoms with Crippen LogP contribution in [0.3, 0.4) is 0 Å². The van der Waals surface area contributed by atoms with Crippen LogP contribution in [0.25, 0.3) is 0 Å². The molecule has 1 aromatic carbocycles. The Hall–Kier alpha value is -0.570. The highest BCUT2D eigenvalue weighted by Crippen LogP contribution is 2.25. The molecule has 0 amide bonds. The van der Waals surface area contributed by atoms with E-state index in [0.29, 0.717) is 24.5 Å². The third-order valence-electron chi connectivity index (χ3n) is 4.53. The van der Waals surface area contributed by atoms with E-state index < -0.39 is 17.7 Å². The van der Waals surface area contributed by atoms with Crippen LogP contribution < -0.4 is 0 Å². The van der Waals surface area contributed by atoms with Crippen molar-refractivity contribution in [1.29, 1.82) is 0 Å². The van der Waals surface area contributed by atoms with Crippen LogP contribution in [0.2, 0.25) is 0 Å². The molecule has 1 fully saturated rings. The number of carbonyl (C=O) groups is 1. The summed E-state index contributed by atoms with van der Waals surface area (Å²) in [6.45, 7) is 6.76. The summed E-state index contributed by atoms with van der Waals surface area (Å²) in [4.78, 5) is 16.0. The minimum Gasteiger partial charge on any atom is -0.390 e. The molecule has 2 rings (SSSR count). The molecule has 2 unspecified atom stereocenters. The van der Waals surface area contributed by atoms with Gasteiger partial charge in [-0.1, -0.05) is 12.1 Å². The SMILES string of the molecule is CC(C)(C(=O)c1ccc(SCC(O)C(O)CS)cc1)N1CCOCC1. The van der Waals surface area contributed by atoms with Gasteiger partial charge < -0.3 is 14.9 Å². The molecule has 0 radical (unpaired) electrons. The summed E-state index contributed by atoms with van der Waals surface area (Å²) >= 11 is 5.42. The monoisotopic (exact) mass is 385 g/mol. The summed E-state index contributed by atoms with van der Waals surface area (Å²) < 4.78 is 5.37. The first kappa shape index (κ1) is 20.7. The number of nitrogens with zero attached hydrogens (tertiary/aromatic N) is 1. The number of rotatable bonds is 8. The Labute approximate surface area is 159 Å². The van der Waals surface area contributed by atoms with Gasteiger partial charge in [-0.3, -0.25) is 9.69 Å². The van der Waals surface area contributed by atoms with E-state index >= 15 is 0 Å². The van der Waals surface area contributed by atoms with Crippen LogP contribution in [0.1, 0.15) is 24.2 Å². The van der Waals surface area contributed by atoms with Crippen molar-refractivity contribution in [1.82, 2.24) is 4.90 Å². The molecule has 0 bridgehead atoms. The van der Waals surface area contributed by atoms with Crippen molar-refractivity contribution < 1.29 is 19.7 Å². The van der Waals surface area contributed by atoms with Gasteiger partial charge in [0.1, 0.15) is 0 Å². The number of ketones is 1. The van der Waals surface area contributed by atoms with E-state index in [2.05, 4.69) is 17.5 Å². The molecule has 1 heterocycles. The van der Waals surface area contributed by atoms with Crippen LogP contribution in [0, 0.1) is 0 Å². The molecule has 0 spiro atoms. The number of aliphatic hydroxyl groups is 2. The predicted octanol–water partition coefficient (Wildman–Crippen LogP) is 1.72. The van der Waals surface area contributed by atoms with Crippen molar-refractivity contribution in [2.75, 3.05) is 37.8 Å². The van der Waals surface area contributed by atoms with E-state index in [1.54, 1.807) is 0 Å². The lowest BCUT2D eigenvalue weighted by Crippen LogP contribution is -2.54. The zero-order chi connectivity index (χ0) is 18.4. The number of ether oxygens (including phenoxy) is 1. The second-order valence-electron chi connectivity index (χ2n) is 6.64. The summed E-state index contributed by atoms with van der Waals surface area (Å²) in [6.07, 6.45) is -1.64. The molecule has 1 saturated heterocycles. The Kier molecular flexibility index (Phi) is 7.79. The zero-order valence-corrected chi connectivity index (χ0v) is 16.4. The zero-order valence-electron chi connectivity index (χ0n) is 14.7. The number of aliphatic hydroxyl groups excluding tert-OH is 2. The van der Waals surface area contributed by atoms with E-state index in [9.17, 15) is 15.0 Å². The number of thioether (sulfide) groups is 1. The molecular weight excluding hydrogens is 358 g/mol. The van der Waals surface area contributed by atoms with E-state index in [4.69, 9.17) is 4.74 Å². The smallest absolute Gasteiger partial charge is 0.182 e. The lowest BCUT2D eigenvalue weighted by Gasteiger charge is -2.39. The number of Topliss-reactive ketones (excluding diaryl/α,β-unsaturated/α-hetero) is 1. The molecule has 7 heteroatoms. The molecule has 0 aromatic heterocycles. The van der Waals surface area contributed by atoms with Gasteiger partial charge in [0.25, 0.3) is 0 Å². The van der Waals surface area contributed by atoms with Gasteiger partial charge in [0.2, 0.25) is 0 Å². The summed E-state index contributed by atoms with van der Waals surface area (Å²) in [5.41, 5.74) is 0.113. The predicted molar refractivity (Wildman–Crippen MR) is 104 cm³/mol. The molecule has 1 aliphatic rings. The lowest BCUT2D eigenvalue weighted by molar-refractivity contribution is -0.00430. The molecule has 140 valence electrons. The highest BCUT2D eigenvalue weighted by atomic mass is 32.2. The fourth-order valence-electron chi connectivity index (χ4n) is 2.74. The number of carbonyl (C=O) groups excluding carboxylic acids is 1. The first-order valence-corrected chi connectivity index (χ1v) is 10.1.